The van der Waals surface area contributed by atoms with E-state index in [4.69, 9.17) is 0 Å². The van der Waals surface area contributed by atoms with E-state index in [1.54, 1.807) is 12.3 Å². The van der Waals surface area contributed by atoms with E-state index in [2.05, 4.69) is 10.3 Å². The number of rotatable bonds is 3. The van der Waals surface area contributed by atoms with E-state index in [0.29, 0.717) is 5.69 Å². The van der Waals surface area contributed by atoms with E-state index in [1.165, 1.54) is 0 Å². The van der Waals surface area contributed by atoms with Crippen molar-refractivity contribution in [2.24, 2.45) is 23.7 Å². The largest absolute Gasteiger partial charge is 0.481 e. The molecule has 1 aromatic rings. The van der Waals surface area contributed by atoms with Crippen molar-refractivity contribution >= 4 is 17.6 Å². The minimum atomic E-state index is -0.885. The van der Waals surface area contributed by atoms with Crippen LogP contribution in [-0.4, -0.2) is 22.0 Å². The highest BCUT2D eigenvalue weighted by atomic mass is 16.4. The number of carboxylic acid groups (broad SMARTS) is 1. The molecule has 1 heterocycles. The van der Waals surface area contributed by atoms with E-state index in [9.17, 15) is 14.7 Å². The summed E-state index contributed by atoms with van der Waals surface area (Å²) in [6, 6.07) is 3.59. The summed E-state index contributed by atoms with van der Waals surface area (Å²) < 4.78 is 0. The zero-order chi connectivity index (χ0) is 14.3. The fourth-order valence-corrected chi connectivity index (χ4v) is 3.28. The number of aryl methyl sites for hydroxylation is 1. The molecule has 2 unspecified atom stereocenters. The number of anilines is 1. The summed E-state index contributed by atoms with van der Waals surface area (Å²) in [5, 5.41) is 12.1. The first-order valence-electron chi connectivity index (χ1n) is 6.71. The third kappa shape index (κ3) is 2.09. The van der Waals surface area contributed by atoms with Gasteiger partial charge in [0.05, 0.1) is 23.7 Å². The lowest BCUT2D eigenvalue weighted by atomic mass is 9.82. The zero-order valence-corrected chi connectivity index (χ0v) is 11.1. The van der Waals surface area contributed by atoms with Crippen molar-refractivity contribution in [3.63, 3.8) is 0 Å². The van der Waals surface area contributed by atoms with Gasteiger partial charge in [0.1, 0.15) is 0 Å². The van der Waals surface area contributed by atoms with Crippen LogP contribution in [0.4, 0.5) is 5.69 Å². The number of aliphatic carboxylic acids is 1. The Morgan fingerprint density at radius 2 is 1.95 bits per heavy atom. The fraction of sp³-hybridized carbons (Fsp3) is 0.400. The number of aromatic nitrogens is 1. The highest BCUT2D eigenvalue weighted by molar-refractivity contribution is 5.96. The molecule has 5 heteroatoms. The first-order valence-corrected chi connectivity index (χ1v) is 6.71. The van der Waals surface area contributed by atoms with Crippen LogP contribution in [-0.2, 0) is 9.59 Å². The molecule has 5 nitrogen and oxygen atoms in total. The summed E-state index contributed by atoms with van der Waals surface area (Å²) >= 11 is 0. The maximum Gasteiger partial charge on any atom is 0.307 e. The van der Waals surface area contributed by atoms with E-state index in [1.807, 2.05) is 25.1 Å². The first-order chi connectivity index (χ1) is 9.56. The maximum absolute atomic E-state index is 12.4. The van der Waals surface area contributed by atoms with Gasteiger partial charge >= 0.3 is 5.97 Å². The number of carbonyl (C=O) groups excluding carboxylic acids is 1. The second kappa shape index (κ2) is 4.74. The van der Waals surface area contributed by atoms with Gasteiger partial charge in [-0.25, -0.2) is 0 Å². The zero-order valence-electron chi connectivity index (χ0n) is 11.1. The molecule has 0 aliphatic heterocycles. The smallest absolute Gasteiger partial charge is 0.307 e. The molecule has 2 N–H and O–H groups in total. The minimum Gasteiger partial charge on any atom is -0.481 e. The summed E-state index contributed by atoms with van der Waals surface area (Å²) in [5.41, 5.74) is 1.48. The molecule has 20 heavy (non-hydrogen) atoms. The average molecular weight is 272 g/mol. The van der Waals surface area contributed by atoms with Crippen molar-refractivity contribution in [1.82, 2.24) is 4.98 Å². The molecule has 1 fully saturated rings. The topological polar surface area (TPSA) is 79.3 Å². The lowest BCUT2D eigenvalue weighted by Crippen LogP contribution is -2.36. The summed E-state index contributed by atoms with van der Waals surface area (Å²) in [6.45, 7) is 1.87. The van der Waals surface area contributed by atoms with Crippen LogP contribution in [0.5, 0.6) is 0 Å². The number of hydrogen-bond acceptors (Lipinski definition) is 3. The molecular weight excluding hydrogens is 256 g/mol. The molecule has 2 aliphatic carbocycles. The highest BCUT2D eigenvalue weighted by Gasteiger charge is 2.51. The third-order valence-electron chi connectivity index (χ3n) is 4.23. The number of nitrogens with zero attached hydrogens (tertiary/aromatic N) is 1. The molecule has 0 radical (unpaired) electrons. The normalized spacial score (nSPS) is 30.4. The Morgan fingerprint density at radius 3 is 2.55 bits per heavy atom. The van der Waals surface area contributed by atoms with E-state index in [-0.39, 0.29) is 17.7 Å². The van der Waals surface area contributed by atoms with Crippen LogP contribution < -0.4 is 5.32 Å². The third-order valence-corrected chi connectivity index (χ3v) is 4.23. The number of carbonyl (C=O) groups is 2. The number of nitrogens with one attached hydrogen (secondary N) is 1. The summed E-state index contributed by atoms with van der Waals surface area (Å²) in [7, 11) is 0. The standard InChI is InChI=1S/C15H16N2O3/c1-8-2-5-11(7-16-8)17-14(18)12-9-3-4-10(6-9)13(12)15(19)20/h2-5,7,9-10,12-13H,6H2,1H3,(H,17,18)(H,19,20)/t9?,10?,12-,13+/m0/s1. The molecular formula is C15H16N2O3. The van der Waals surface area contributed by atoms with Gasteiger partial charge < -0.3 is 10.4 Å². The number of pyridine rings is 1. The van der Waals surface area contributed by atoms with Crippen LogP contribution in [0, 0.1) is 30.6 Å². The molecule has 0 spiro atoms. The molecule has 2 aliphatic rings. The maximum atomic E-state index is 12.4. The number of amides is 1. The predicted octanol–water partition coefficient (Wildman–Crippen LogP) is 1.85. The van der Waals surface area contributed by atoms with Gasteiger partial charge in [-0.05, 0) is 37.3 Å². The predicted molar refractivity (Wildman–Crippen MR) is 73.0 cm³/mol. The van der Waals surface area contributed by atoms with Gasteiger partial charge in [0, 0.05) is 5.69 Å². The molecule has 3 rings (SSSR count). The fourth-order valence-electron chi connectivity index (χ4n) is 3.28. The number of fused-ring (bicyclic) bond motifs is 2. The SMILES string of the molecule is Cc1ccc(NC(=O)[C@H]2C3C=CC(C3)[C@H]2C(=O)O)cn1. The Bertz CT molecular complexity index is 579. The molecule has 4 atom stereocenters. The van der Waals surface area contributed by atoms with E-state index >= 15 is 0 Å². The van der Waals surface area contributed by atoms with Gasteiger partial charge in [-0.15, -0.1) is 0 Å². The van der Waals surface area contributed by atoms with Crippen LogP contribution in [0.15, 0.2) is 30.5 Å². The van der Waals surface area contributed by atoms with Gasteiger partial charge in [-0.1, -0.05) is 12.2 Å². The number of allylic oxidation sites excluding steroid dienone is 2. The molecule has 0 saturated heterocycles. The quantitative estimate of drug-likeness (QED) is 0.823. The Morgan fingerprint density at radius 1 is 1.25 bits per heavy atom. The molecule has 1 saturated carbocycles. The van der Waals surface area contributed by atoms with Crippen LogP contribution in [0.25, 0.3) is 0 Å². The van der Waals surface area contributed by atoms with Crippen LogP contribution in [0.1, 0.15) is 12.1 Å². The summed E-state index contributed by atoms with van der Waals surface area (Å²) in [6.07, 6.45) is 6.26. The van der Waals surface area contributed by atoms with Crippen LogP contribution in [0.3, 0.4) is 0 Å². The second-order valence-electron chi connectivity index (χ2n) is 5.52. The molecule has 2 bridgehead atoms. The Labute approximate surface area is 116 Å². The van der Waals surface area contributed by atoms with E-state index < -0.39 is 17.8 Å². The average Bonchev–Trinajstić information content (AvgIpc) is 3.01. The van der Waals surface area contributed by atoms with Crippen LogP contribution in [0.2, 0.25) is 0 Å². The van der Waals surface area contributed by atoms with Gasteiger partial charge in [0.2, 0.25) is 5.91 Å². The highest BCUT2D eigenvalue weighted by Crippen LogP contribution is 2.48. The molecule has 1 aromatic heterocycles. The van der Waals surface area contributed by atoms with E-state index in [0.717, 1.165) is 12.1 Å². The van der Waals surface area contributed by atoms with Crippen molar-refractivity contribution < 1.29 is 14.7 Å². The number of carboxylic acids is 1. The van der Waals surface area contributed by atoms with Crippen molar-refractivity contribution in [3.05, 3.63) is 36.2 Å². The molecule has 0 aromatic carbocycles. The summed E-state index contributed by atoms with van der Waals surface area (Å²) in [4.78, 5) is 27.9. The monoisotopic (exact) mass is 272 g/mol. The van der Waals surface area contributed by atoms with Crippen LogP contribution >= 0.6 is 0 Å². The lowest BCUT2D eigenvalue weighted by molar-refractivity contribution is -0.146. The van der Waals surface area contributed by atoms with Crippen molar-refractivity contribution in [2.45, 2.75) is 13.3 Å². The molecule has 1 amide bonds. The lowest BCUT2D eigenvalue weighted by Gasteiger charge is -2.23. The second-order valence-corrected chi connectivity index (χ2v) is 5.52. The van der Waals surface area contributed by atoms with Crippen molar-refractivity contribution in [1.29, 1.82) is 0 Å². The Hall–Kier alpha value is -2.17. The van der Waals surface area contributed by atoms with Gasteiger partial charge in [0.25, 0.3) is 0 Å². The Balaban J connectivity index is 1.78. The summed E-state index contributed by atoms with van der Waals surface area (Å²) in [5.74, 6) is -2.17. The van der Waals surface area contributed by atoms with Gasteiger partial charge in [-0.2, -0.15) is 0 Å². The minimum absolute atomic E-state index is 0.00982. The van der Waals surface area contributed by atoms with Crippen molar-refractivity contribution in [2.75, 3.05) is 5.32 Å². The molecule has 104 valence electrons. The van der Waals surface area contributed by atoms with Crippen molar-refractivity contribution in [3.8, 4) is 0 Å². The van der Waals surface area contributed by atoms with Gasteiger partial charge in [-0.3, -0.25) is 14.6 Å². The Kier molecular flexibility index (Phi) is 3.04. The first kappa shape index (κ1) is 12.8. The number of hydrogen-bond donors (Lipinski definition) is 2. The van der Waals surface area contributed by atoms with Gasteiger partial charge in [0.15, 0.2) is 0 Å².